The molecule has 14 rings (SSSR count). The Bertz CT molecular complexity index is 4580. The molecule has 366 valence electrons. The van der Waals surface area contributed by atoms with Crippen LogP contribution in [-0.2, 0) is 0 Å². The average molecular weight is 1010 g/mol. The molecule has 0 spiro atoms. The highest BCUT2D eigenvalue weighted by atomic mass is 32.1. The smallest absolute Gasteiger partial charge is 0.0434 e. The molecule has 4 aromatic heterocycles. The lowest BCUT2D eigenvalue weighted by molar-refractivity contribution is 1.32. The largest absolute Gasteiger partial charge is 0.297 e. The zero-order valence-electron chi connectivity index (χ0n) is 42.7. The standard InChI is InChI=1S/C73H48N4S/c1-46(17-13-33-74-2)50-37-51(47-18-14-34-75-43-47)40-54(38-50)68-58-23-5-9-27-62(58)71(63-28-10-6-24-59(63)68)65-30-11-31-66-72-64(29-12-32-67(72)78-73(65)66)70-60-25-7-3-21-56(60)69(57-22-4-8-26-61(57)70)55-41-52(48-19-15-35-76-44-48)39-53(42-55)49-20-16-36-77-45-49/h3-45H,1H2,2H3/b17-13-,74-33-. The first-order chi connectivity index (χ1) is 38.6. The van der Waals surface area contributed by atoms with Gasteiger partial charge in [0.25, 0.3) is 0 Å². The van der Waals surface area contributed by atoms with Gasteiger partial charge in [-0.3, -0.25) is 19.9 Å². The Hall–Kier alpha value is -9.94. The monoisotopic (exact) mass is 1010 g/mol. The van der Waals surface area contributed by atoms with Crippen LogP contribution in [0.2, 0.25) is 0 Å². The lowest BCUT2D eigenvalue weighted by atomic mass is 9.83. The predicted molar refractivity (Wildman–Crippen MR) is 333 cm³/mol. The van der Waals surface area contributed by atoms with E-state index in [1.165, 1.54) is 96.6 Å². The summed E-state index contributed by atoms with van der Waals surface area (Å²) < 4.78 is 2.52. The van der Waals surface area contributed by atoms with Crippen LogP contribution in [0.4, 0.5) is 0 Å². The van der Waals surface area contributed by atoms with Crippen LogP contribution in [0.3, 0.4) is 0 Å². The maximum atomic E-state index is 4.52. The molecular formula is C73H48N4S. The number of nitrogens with zero attached hydrogens (tertiary/aromatic N) is 4. The molecule has 10 aromatic carbocycles. The summed E-state index contributed by atoms with van der Waals surface area (Å²) >= 11 is 1.89. The van der Waals surface area contributed by atoms with Crippen molar-refractivity contribution >= 4 is 86.4 Å². The minimum Gasteiger partial charge on any atom is -0.297 e. The Kier molecular flexibility index (Phi) is 11.7. The summed E-state index contributed by atoms with van der Waals surface area (Å²) in [7, 11) is 1.78. The van der Waals surface area contributed by atoms with Gasteiger partial charge in [-0.25, -0.2) is 0 Å². The van der Waals surface area contributed by atoms with Gasteiger partial charge in [-0.15, -0.1) is 11.3 Å². The van der Waals surface area contributed by atoms with Gasteiger partial charge in [0.15, 0.2) is 0 Å². The van der Waals surface area contributed by atoms with Crippen molar-refractivity contribution in [3.05, 3.63) is 268 Å². The molecule has 4 nitrogen and oxygen atoms in total. The summed E-state index contributed by atoms with van der Waals surface area (Å²) in [5.41, 5.74) is 18.0. The zero-order chi connectivity index (χ0) is 52.1. The minimum absolute atomic E-state index is 0.904. The van der Waals surface area contributed by atoms with Crippen molar-refractivity contribution in [1.29, 1.82) is 0 Å². The lowest BCUT2D eigenvalue weighted by Crippen LogP contribution is -1.93. The van der Waals surface area contributed by atoms with E-state index in [2.05, 4.69) is 215 Å². The third kappa shape index (κ3) is 7.99. The molecule has 14 aromatic rings. The van der Waals surface area contributed by atoms with Crippen molar-refractivity contribution < 1.29 is 0 Å². The second-order valence-corrected chi connectivity index (χ2v) is 20.8. The third-order valence-electron chi connectivity index (χ3n) is 15.3. The third-order valence-corrected chi connectivity index (χ3v) is 16.5. The summed E-state index contributed by atoms with van der Waals surface area (Å²) in [5.74, 6) is 0. The van der Waals surface area contributed by atoms with Gasteiger partial charge in [-0.1, -0.05) is 158 Å². The Balaban J connectivity index is 0.992. The molecule has 0 bridgehead atoms. The molecule has 0 unspecified atom stereocenters. The summed E-state index contributed by atoms with van der Waals surface area (Å²) in [6, 6.07) is 75.8. The van der Waals surface area contributed by atoms with E-state index in [9.17, 15) is 0 Å². The lowest BCUT2D eigenvalue weighted by Gasteiger charge is -2.20. The summed E-state index contributed by atoms with van der Waals surface area (Å²) in [6.07, 6.45) is 17.1. The van der Waals surface area contributed by atoms with Gasteiger partial charge in [0, 0.05) is 92.9 Å². The van der Waals surface area contributed by atoms with Crippen LogP contribution < -0.4 is 0 Å². The average Bonchev–Trinajstić information content (AvgIpc) is 3.92. The molecule has 0 radical (unpaired) electrons. The van der Waals surface area contributed by atoms with Crippen LogP contribution in [-0.4, -0.2) is 28.2 Å². The molecular weight excluding hydrogens is 965 g/mol. The number of fused-ring (bicyclic) bond motifs is 7. The van der Waals surface area contributed by atoms with Crippen LogP contribution in [0.25, 0.3) is 147 Å². The van der Waals surface area contributed by atoms with Crippen molar-refractivity contribution in [2.75, 3.05) is 7.05 Å². The Morgan fingerprint density at radius 1 is 0.397 bits per heavy atom. The van der Waals surface area contributed by atoms with Gasteiger partial charge < -0.3 is 0 Å². The fourth-order valence-corrected chi connectivity index (χ4v) is 13.1. The maximum Gasteiger partial charge on any atom is 0.0434 e. The number of aliphatic imine (C=N–C) groups is 1. The molecule has 0 atom stereocenters. The van der Waals surface area contributed by atoms with Crippen LogP contribution >= 0.6 is 11.3 Å². The van der Waals surface area contributed by atoms with E-state index in [0.29, 0.717) is 0 Å². The highest BCUT2D eigenvalue weighted by Gasteiger charge is 2.24. The molecule has 78 heavy (non-hydrogen) atoms. The number of pyridine rings is 3. The summed E-state index contributed by atoms with van der Waals surface area (Å²) in [6.45, 7) is 4.52. The first kappa shape index (κ1) is 46.6. The van der Waals surface area contributed by atoms with Crippen molar-refractivity contribution in [3.8, 4) is 77.9 Å². The highest BCUT2D eigenvalue weighted by Crippen LogP contribution is 2.52. The topological polar surface area (TPSA) is 51.0 Å². The molecule has 4 heterocycles. The number of benzene rings is 10. The second kappa shape index (κ2) is 19.6. The SMILES string of the molecule is C=C(/C=C\C=N/C)c1cc(-c2cccnc2)cc(-c2c3ccccc3c(-c3cccc4c3sc3cccc(-c5c6ccccc6c(-c6cc(-c7cccnc7)cc(-c7cccnc7)c6)c6ccccc56)c34)c3ccccc23)c1. The van der Waals surface area contributed by atoms with E-state index in [-0.39, 0.29) is 0 Å². The van der Waals surface area contributed by atoms with Gasteiger partial charge in [0.1, 0.15) is 0 Å². The molecule has 0 N–H and O–H groups in total. The van der Waals surface area contributed by atoms with Crippen molar-refractivity contribution in [3.63, 3.8) is 0 Å². The van der Waals surface area contributed by atoms with Crippen LogP contribution in [0.5, 0.6) is 0 Å². The molecule has 0 aliphatic heterocycles. The first-order valence-electron chi connectivity index (χ1n) is 26.2. The molecule has 0 saturated heterocycles. The van der Waals surface area contributed by atoms with Crippen LogP contribution in [0.1, 0.15) is 5.56 Å². The van der Waals surface area contributed by atoms with Gasteiger partial charge >= 0.3 is 0 Å². The molecule has 0 saturated carbocycles. The van der Waals surface area contributed by atoms with E-state index < -0.39 is 0 Å². The number of hydrogen-bond donors (Lipinski definition) is 0. The number of thiophene rings is 1. The van der Waals surface area contributed by atoms with Crippen molar-refractivity contribution in [2.24, 2.45) is 4.99 Å². The first-order valence-corrected chi connectivity index (χ1v) is 27.0. The number of aromatic nitrogens is 3. The van der Waals surface area contributed by atoms with E-state index in [0.717, 1.165) is 55.6 Å². The maximum absolute atomic E-state index is 4.52. The number of allylic oxidation sites excluding steroid dienone is 3. The van der Waals surface area contributed by atoms with Crippen molar-refractivity contribution in [2.45, 2.75) is 0 Å². The molecule has 0 amide bonds. The molecule has 0 aliphatic carbocycles. The Labute approximate surface area is 456 Å². The fourth-order valence-electron chi connectivity index (χ4n) is 11.9. The van der Waals surface area contributed by atoms with E-state index in [1.54, 1.807) is 13.3 Å². The second-order valence-electron chi connectivity index (χ2n) is 19.8. The van der Waals surface area contributed by atoms with Crippen LogP contribution in [0.15, 0.2) is 267 Å². The summed E-state index contributed by atoms with van der Waals surface area (Å²) in [5, 5.41) is 12.1. The predicted octanol–water partition coefficient (Wildman–Crippen LogP) is 19.8. The normalized spacial score (nSPS) is 11.9. The van der Waals surface area contributed by atoms with E-state index in [4.69, 9.17) is 0 Å². The van der Waals surface area contributed by atoms with Gasteiger partial charge in [0.2, 0.25) is 0 Å². The molecule has 5 heteroatoms. The van der Waals surface area contributed by atoms with Gasteiger partial charge in [-0.05, 0) is 177 Å². The highest BCUT2D eigenvalue weighted by molar-refractivity contribution is 7.26. The van der Waals surface area contributed by atoms with Gasteiger partial charge in [-0.2, -0.15) is 0 Å². The Morgan fingerprint density at radius 2 is 0.795 bits per heavy atom. The minimum atomic E-state index is 0.904. The van der Waals surface area contributed by atoms with E-state index in [1.807, 2.05) is 78.9 Å². The van der Waals surface area contributed by atoms with E-state index >= 15 is 0 Å². The summed E-state index contributed by atoms with van der Waals surface area (Å²) in [4.78, 5) is 17.7. The van der Waals surface area contributed by atoms with Crippen LogP contribution in [0, 0.1) is 0 Å². The van der Waals surface area contributed by atoms with Crippen molar-refractivity contribution in [1.82, 2.24) is 15.0 Å². The Morgan fingerprint density at radius 3 is 1.27 bits per heavy atom. The molecule has 0 fully saturated rings. The van der Waals surface area contributed by atoms with Gasteiger partial charge in [0.05, 0.1) is 0 Å². The quantitative estimate of drug-likeness (QED) is 0.0779. The zero-order valence-corrected chi connectivity index (χ0v) is 43.5. The number of hydrogen-bond acceptors (Lipinski definition) is 5. The number of rotatable bonds is 10. The molecule has 0 aliphatic rings. The fraction of sp³-hybridized carbons (Fsp3) is 0.0137.